The molecule has 0 radical (unpaired) electrons. The maximum absolute atomic E-state index is 12.2. The fourth-order valence-corrected chi connectivity index (χ4v) is 4.63. The van der Waals surface area contributed by atoms with E-state index < -0.39 is 12.2 Å². The average Bonchev–Trinajstić information content (AvgIpc) is 2.92. The minimum atomic E-state index is -0.944. The average molecular weight is 498 g/mol. The molecule has 0 spiro atoms. The summed E-state index contributed by atoms with van der Waals surface area (Å²) in [5.41, 5.74) is 2.04. The number of ether oxygens (including phenoxy) is 2. The number of likely N-dealkylation sites (tertiary alicyclic amines) is 1. The van der Waals surface area contributed by atoms with Crippen molar-refractivity contribution in [1.29, 1.82) is 0 Å². The molecule has 2 atom stereocenters. The van der Waals surface area contributed by atoms with E-state index in [1.807, 2.05) is 30.3 Å². The van der Waals surface area contributed by atoms with Crippen molar-refractivity contribution in [3.63, 3.8) is 0 Å². The minimum Gasteiger partial charge on any atom is -0.465 e. The highest BCUT2D eigenvalue weighted by Gasteiger charge is 2.33. The molecule has 1 fully saturated rings. The van der Waals surface area contributed by atoms with E-state index in [0.29, 0.717) is 31.1 Å². The predicted molar refractivity (Wildman–Crippen MR) is 140 cm³/mol. The highest BCUT2D eigenvalue weighted by molar-refractivity contribution is 5.85. The molecule has 2 unspecified atom stereocenters. The highest BCUT2D eigenvalue weighted by Crippen LogP contribution is 2.32. The second-order valence-electron chi connectivity index (χ2n) is 8.95. The summed E-state index contributed by atoms with van der Waals surface area (Å²) >= 11 is 0. The summed E-state index contributed by atoms with van der Waals surface area (Å²) in [6, 6.07) is 26.8. The van der Waals surface area contributed by atoms with Crippen LogP contribution in [-0.2, 0) is 11.3 Å². The molecule has 5 rings (SSSR count). The number of amides is 2. The molecule has 1 aliphatic rings. The summed E-state index contributed by atoms with van der Waals surface area (Å²) in [6.07, 6.45) is 0.335. The largest absolute Gasteiger partial charge is 0.465 e. The highest BCUT2D eigenvalue weighted by atomic mass is 16.6. The number of carbonyl (C=O) groups is 2. The Balaban J connectivity index is 1.26. The van der Waals surface area contributed by atoms with Gasteiger partial charge >= 0.3 is 12.2 Å². The number of carboxylic acid groups (broad SMARTS) is 1. The number of carbonyl (C=O) groups excluding carboxylic acids is 1. The number of rotatable bonds is 6. The van der Waals surface area contributed by atoms with Crippen LogP contribution < -0.4 is 10.1 Å². The van der Waals surface area contributed by atoms with Crippen molar-refractivity contribution in [2.24, 2.45) is 0 Å². The van der Waals surface area contributed by atoms with E-state index in [9.17, 15) is 14.7 Å². The van der Waals surface area contributed by atoms with Crippen molar-refractivity contribution < 1.29 is 24.2 Å². The molecule has 1 aromatic heterocycles. The van der Waals surface area contributed by atoms with Crippen molar-refractivity contribution in [2.75, 3.05) is 18.4 Å². The van der Waals surface area contributed by atoms with Crippen LogP contribution in [0.2, 0.25) is 0 Å². The topological polar surface area (TPSA) is 101 Å². The van der Waals surface area contributed by atoms with Gasteiger partial charge in [-0.05, 0) is 58.7 Å². The summed E-state index contributed by atoms with van der Waals surface area (Å²) in [5.74, 6) is 0.807. The minimum absolute atomic E-state index is 0.00690. The van der Waals surface area contributed by atoms with Gasteiger partial charge in [0.1, 0.15) is 11.6 Å². The molecule has 188 valence electrons. The summed E-state index contributed by atoms with van der Waals surface area (Å²) < 4.78 is 11.7. The van der Waals surface area contributed by atoms with Gasteiger partial charge in [0, 0.05) is 18.7 Å². The van der Waals surface area contributed by atoms with Gasteiger partial charge in [-0.3, -0.25) is 5.32 Å². The summed E-state index contributed by atoms with van der Waals surface area (Å²) in [7, 11) is 0. The van der Waals surface area contributed by atoms with E-state index >= 15 is 0 Å². The maximum Gasteiger partial charge on any atom is 0.418 e. The lowest BCUT2D eigenvalue weighted by Crippen LogP contribution is -2.46. The molecule has 0 saturated carbocycles. The molecule has 0 aliphatic carbocycles. The van der Waals surface area contributed by atoms with Crippen LogP contribution in [0, 0.1) is 0 Å². The molecule has 2 N–H and O–H groups in total. The van der Waals surface area contributed by atoms with Crippen molar-refractivity contribution in [3.05, 3.63) is 102 Å². The van der Waals surface area contributed by atoms with Crippen LogP contribution in [0.5, 0.6) is 5.75 Å². The van der Waals surface area contributed by atoms with E-state index in [1.165, 1.54) is 4.90 Å². The van der Waals surface area contributed by atoms with E-state index in [1.54, 1.807) is 36.5 Å². The van der Waals surface area contributed by atoms with Gasteiger partial charge in [0.15, 0.2) is 0 Å². The zero-order valence-electron chi connectivity index (χ0n) is 20.1. The molecule has 0 bridgehead atoms. The van der Waals surface area contributed by atoms with E-state index in [4.69, 9.17) is 9.47 Å². The van der Waals surface area contributed by atoms with Gasteiger partial charge < -0.3 is 19.5 Å². The quantitative estimate of drug-likeness (QED) is 0.344. The van der Waals surface area contributed by atoms with Gasteiger partial charge in [-0.1, -0.05) is 54.6 Å². The third-order valence-electron chi connectivity index (χ3n) is 6.52. The number of aromatic nitrogens is 1. The number of nitrogens with one attached hydrogen (secondary N) is 1. The number of fused-ring (bicyclic) bond motifs is 1. The molecule has 8 nitrogen and oxygen atoms in total. The van der Waals surface area contributed by atoms with Crippen LogP contribution in [0.1, 0.15) is 23.5 Å². The van der Waals surface area contributed by atoms with Crippen LogP contribution in [0.4, 0.5) is 15.4 Å². The van der Waals surface area contributed by atoms with Crippen molar-refractivity contribution in [2.45, 2.75) is 25.0 Å². The third-order valence-corrected chi connectivity index (χ3v) is 6.52. The van der Waals surface area contributed by atoms with E-state index in [-0.39, 0.29) is 18.6 Å². The lowest BCUT2D eigenvalue weighted by atomic mass is 9.87. The maximum atomic E-state index is 12.2. The molecule has 1 saturated heterocycles. The molecular weight excluding hydrogens is 470 g/mol. The van der Waals surface area contributed by atoms with Crippen molar-refractivity contribution in [1.82, 2.24) is 9.88 Å². The summed E-state index contributed by atoms with van der Waals surface area (Å²) in [4.78, 5) is 29.3. The first-order chi connectivity index (χ1) is 18.0. The Morgan fingerprint density at radius 2 is 1.76 bits per heavy atom. The van der Waals surface area contributed by atoms with Crippen molar-refractivity contribution >= 4 is 28.8 Å². The summed E-state index contributed by atoms with van der Waals surface area (Å²) in [5, 5.41) is 14.4. The lowest BCUT2D eigenvalue weighted by molar-refractivity contribution is -0.0199. The number of hydrogen-bond acceptors (Lipinski definition) is 5. The van der Waals surface area contributed by atoms with Crippen LogP contribution in [0.3, 0.4) is 0 Å². The number of piperidine rings is 1. The van der Waals surface area contributed by atoms with Gasteiger partial charge in [0.05, 0.1) is 19.3 Å². The Bertz CT molecular complexity index is 1380. The Morgan fingerprint density at radius 3 is 2.51 bits per heavy atom. The van der Waals surface area contributed by atoms with Crippen LogP contribution in [0.25, 0.3) is 10.8 Å². The monoisotopic (exact) mass is 497 g/mol. The van der Waals surface area contributed by atoms with E-state index in [2.05, 4.69) is 34.6 Å². The van der Waals surface area contributed by atoms with Gasteiger partial charge in [0.2, 0.25) is 0 Å². The molecule has 37 heavy (non-hydrogen) atoms. The molecule has 8 heteroatoms. The first kappa shape index (κ1) is 24.3. The second kappa shape index (κ2) is 11.1. The fourth-order valence-electron chi connectivity index (χ4n) is 4.63. The Kier molecular flexibility index (Phi) is 7.28. The predicted octanol–water partition coefficient (Wildman–Crippen LogP) is 5.90. The van der Waals surface area contributed by atoms with Crippen LogP contribution in [0.15, 0.2) is 91.1 Å². The van der Waals surface area contributed by atoms with Gasteiger partial charge in [-0.25, -0.2) is 14.6 Å². The third kappa shape index (κ3) is 6.05. The Hall–Kier alpha value is -4.43. The van der Waals surface area contributed by atoms with Crippen molar-refractivity contribution in [3.8, 4) is 5.75 Å². The normalized spacial score (nSPS) is 17.4. The second-order valence-corrected chi connectivity index (χ2v) is 8.95. The Labute approximate surface area is 214 Å². The number of benzene rings is 3. The SMILES string of the molecule is O=C(Nc1ccccn1)Oc1ccc(C2CCN(C(=O)O)CC2OCc2ccc3ccccc3c2)cc1. The summed E-state index contributed by atoms with van der Waals surface area (Å²) in [6.45, 7) is 1.10. The fraction of sp³-hybridized carbons (Fsp3) is 0.207. The van der Waals surface area contributed by atoms with E-state index in [0.717, 1.165) is 21.9 Å². The zero-order chi connectivity index (χ0) is 25.6. The standard InChI is InChI=1S/C29H27N3O5/c33-28(31-27-7-3-4-15-30-27)37-24-12-10-22(11-13-24)25-14-16-32(29(34)35)18-26(25)36-19-20-8-9-21-5-1-2-6-23(21)17-20/h1-13,15,17,25-26H,14,16,18-19H2,(H,34,35)(H,30,31,33). The molecule has 4 aromatic rings. The van der Waals surface area contributed by atoms with Gasteiger partial charge in [0.25, 0.3) is 0 Å². The van der Waals surface area contributed by atoms with Gasteiger partial charge in [-0.15, -0.1) is 0 Å². The lowest BCUT2D eigenvalue weighted by Gasteiger charge is -2.37. The number of pyridine rings is 1. The molecule has 3 aromatic carbocycles. The number of nitrogens with zero attached hydrogens (tertiary/aromatic N) is 2. The zero-order valence-corrected chi connectivity index (χ0v) is 20.1. The molecule has 2 amide bonds. The van der Waals surface area contributed by atoms with Gasteiger partial charge in [-0.2, -0.15) is 0 Å². The first-order valence-corrected chi connectivity index (χ1v) is 12.1. The Morgan fingerprint density at radius 1 is 0.973 bits per heavy atom. The molecular formula is C29H27N3O5. The number of anilines is 1. The van der Waals surface area contributed by atoms with Crippen LogP contribution in [-0.4, -0.2) is 46.4 Å². The first-order valence-electron chi connectivity index (χ1n) is 12.1. The smallest absolute Gasteiger partial charge is 0.418 e. The molecule has 1 aliphatic heterocycles. The number of hydrogen-bond donors (Lipinski definition) is 2. The van der Waals surface area contributed by atoms with Crippen LogP contribution >= 0.6 is 0 Å². The molecule has 2 heterocycles.